The van der Waals surface area contributed by atoms with Gasteiger partial charge in [-0.1, -0.05) is 36.8 Å². The second-order valence-electron chi connectivity index (χ2n) is 11.7. The molecule has 2 aromatic carbocycles. The van der Waals surface area contributed by atoms with Crippen LogP contribution in [0.4, 0.5) is 10.5 Å². The molecule has 1 fully saturated rings. The highest BCUT2D eigenvalue weighted by Crippen LogP contribution is 2.33. The average Bonchev–Trinajstić information content (AvgIpc) is 3.15. The number of fused-ring (bicyclic) bond motifs is 1. The standard InChI is InChI=1S/C33H43N3O6/c1-32(2)30(38)36(31(39)35-32)27-14-11-13-24(20-27)12-7-10-19-40-18-9-6-5-8-17-34-22-28(37)25-15-16-29-26(21-25)23-41-33(3,4)42-29/h11,13-16,20-21,28,34,37H,5-6,8-10,17-19,22-23H2,1-4H3,(H,35,39)/t28-/m0/s1. The van der Waals surface area contributed by atoms with E-state index in [1.54, 1.807) is 32.0 Å². The van der Waals surface area contributed by atoms with E-state index in [4.69, 9.17) is 14.2 Å². The second-order valence-corrected chi connectivity index (χ2v) is 11.7. The first-order valence-corrected chi connectivity index (χ1v) is 14.7. The van der Waals surface area contributed by atoms with Gasteiger partial charge in [0.05, 0.1) is 25.0 Å². The molecule has 0 bridgehead atoms. The van der Waals surface area contributed by atoms with Crippen molar-refractivity contribution in [2.45, 2.75) is 83.8 Å². The average molecular weight is 578 g/mol. The zero-order valence-electron chi connectivity index (χ0n) is 25.1. The minimum Gasteiger partial charge on any atom is -0.463 e. The zero-order valence-corrected chi connectivity index (χ0v) is 25.1. The number of aliphatic hydroxyl groups excluding tert-OH is 1. The summed E-state index contributed by atoms with van der Waals surface area (Å²) in [5.74, 6) is 6.10. The van der Waals surface area contributed by atoms with Crippen molar-refractivity contribution < 1.29 is 28.9 Å². The Kier molecular flexibility index (Phi) is 10.6. The second kappa shape index (κ2) is 14.2. The maximum Gasteiger partial charge on any atom is 0.329 e. The van der Waals surface area contributed by atoms with Crippen LogP contribution in [0.3, 0.4) is 0 Å². The minimum absolute atomic E-state index is 0.279. The first-order chi connectivity index (χ1) is 20.1. The Morgan fingerprint density at radius 3 is 2.67 bits per heavy atom. The molecule has 0 unspecified atom stereocenters. The summed E-state index contributed by atoms with van der Waals surface area (Å²) in [6, 6.07) is 12.5. The number of aliphatic hydroxyl groups is 1. The molecule has 9 heteroatoms. The number of rotatable bonds is 13. The van der Waals surface area contributed by atoms with Gasteiger partial charge in [0.2, 0.25) is 5.79 Å². The number of unbranched alkanes of at least 4 members (excludes halogenated alkanes) is 3. The summed E-state index contributed by atoms with van der Waals surface area (Å²) in [5, 5.41) is 16.6. The third-order valence-corrected chi connectivity index (χ3v) is 7.20. The van der Waals surface area contributed by atoms with E-state index in [1.807, 2.05) is 38.1 Å². The first-order valence-electron chi connectivity index (χ1n) is 14.7. The van der Waals surface area contributed by atoms with Crippen molar-refractivity contribution in [3.63, 3.8) is 0 Å². The summed E-state index contributed by atoms with van der Waals surface area (Å²) in [4.78, 5) is 25.9. The highest BCUT2D eigenvalue weighted by atomic mass is 16.7. The monoisotopic (exact) mass is 577 g/mol. The van der Waals surface area contributed by atoms with E-state index in [1.165, 1.54) is 0 Å². The van der Waals surface area contributed by atoms with Crippen LogP contribution >= 0.6 is 0 Å². The van der Waals surface area contributed by atoms with Gasteiger partial charge in [-0.15, -0.1) is 0 Å². The van der Waals surface area contributed by atoms with Crippen molar-refractivity contribution >= 4 is 17.6 Å². The number of hydrogen-bond acceptors (Lipinski definition) is 7. The predicted octanol–water partition coefficient (Wildman–Crippen LogP) is 4.81. The van der Waals surface area contributed by atoms with Crippen LogP contribution in [0, 0.1) is 11.8 Å². The lowest BCUT2D eigenvalue weighted by Gasteiger charge is -2.33. The molecule has 2 aliphatic heterocycles. The van der Waals surface area contributed by atoms with Crippen molar-refractivity contribution in [2.75, 3.05) is 31.2 Å². The number of urea groups is 1. The summed E-state index contributed by atoms with van der Waals surface area (Å²) in [7, 11) is 0. The Morgan fingerprint density at radius 2 is 1.88 bits per heavy atom. The van der Waals surface area contributed by atoms with Gasteiger partial charge in [-0.2, -0.15) is 0 Å². The van der Waals surface area contributed by atoms with Crippen molar-refractivity contribution in [3.05, 3.63) is 59.2 Å². The van der Waals surface area contributed by atoms with E-state index in [2.05, 4.69) is 22.5 Å². The maximum absolute atomic E-state index is 12.5. The third-order valence-electron chi connectivity index (χ3n) is 7.20. The van der Waals surface area contributed by atoms with Crippen molar-refractivity contribution in [1.29, 1.82) is 0 Å². The Morgan fingerprint density at radius 1 is 1.07 bits per heavy atom. The molecular formula is C33H43N3O6. The number of amides is 3. The van der Waals surface area contributed by atoms with Crippen LogP contribution in [0.2, 0.25) is 0 Å². The Hall–Kier alpha value is -3.42. The number of carbonyl (C=O) groups excluding carboxylic acids is 2. The molecule has 1 saturated heterocycles. The molecular weight excluding hydrogens is 534 g/mol. The predicted molar refractivity (Wildman–Crippen MR) is 161 cm³/mol. The largest absolute Gasteiger partial charge is 0.463 e. The lowest BCUT2D eigenvalue weighted by atomic mass is 10.0. The maximum atomic E-state index is 12.5. The molecule has 4 rings (SSSR count). The number of imide groups is 1. The van der Waals surface area contributed by atoms with Crippen LogP contribution in [-0.2, 0) is 20.9 Å². The molecule has 3 amide bonds. The topological polar surface area (TPSA) is 109 Å². The number of ether oxygens (including phenoxy) is 3. The molecule has 2 aliphatic rings. The van der Waals surface area contributed by atoms with Crippen molar-refractivity contribution in [2.24, 2.45) is 0 Å². The molecule has 226 valence electrons. The lowest BCUT2D eigenvalue weighted by Crippen LogP contribution is -2.40. The number of nitrogens with zero attached hydrogens (tertiary/aromatic N) is 1. The highest BCUT2D eigenvalue weighted by Gasteiger charge is 2.45. The minimum atomic E-state index is -0.912. The van der Waals surface area contributed by atoms with Crippen LogP contribution in [0.5, 0.6) is 5.75 Å². The zero-order chi connectivity index (χ0) is 30.2. The van der Waals surface area contributed by atoms with Gasteiger partial charge < -0.3 is 30.0 Å². The summed E-state index contributed by atoms with van der Waals surface area (Å²) < 4.78 is 17.2. The number of hydrogen-bond donors (Lipinski definition) is 3. The number of anilines is 1. The Bertz CT molecular complexity index is 1310. The van der Waals surface area contributed by atoms with Gasteiger partial charge in [0, 0.05) is 44.5 Å². The molecule has 0 aromatic heterocycles. The van der Waals surface area contributed by atoms with Crippen molar-refractivity contribution in [3.8, 4) is 17.6 Å². The van der Waals surface area contributed by atoms with E-state index >= 15 is 0 Å². The van der Waals surface area contributed by atoms with Gasteiger partial charge in [0.1, 0.15) is 11.3 Å². The Balaban J connectivity index is 1.03. The van der Waals surface area contributed by atoms with E-state index in [9.17, 15) is 14.7 Å². The summed E-state index contributed by atoms with van der Waals surface area (Å²) in [6.45, 7) is 10.3. The van der Waals surface area contributed by atoms with Gasteiger partial charge in [-0.25, -0.2) is 9.69 Å². The molecule has 0 aliphatic carbocycles. The molecule has 0 saturated carbocycles. The van der Waals surface area contributed by atoms with Crippen LogP contribution < -0.4 is 20.3 Å². The number of carbonyl (C=O) groups is 2. The van der Waals surface area contributed by atoms with E-state index in [-0.39, 0.29) is 5.91 Å². The van der Waals surface area contributed by atoms with Gasteiger partial charge in [-0.3, -0.25) is 4.79 Å². The lowest BCUT2D eigenvalue weighted by molar-refractivity contribution is -0.180. The highest BCUT2D eigenvalue weighted by molar-refractivity contribution is 6.23. The molecule has 3 N–H and O–H groups in total. The fourth-order valence-electron chi connectivity index (χ4n) is 4.82. The molecule has 2 heterocycles. The summed E-state index contributed by atoms with van der Waals surface area (Å²) >= 11 is 0. The van der Waals surface area contributed by atoms with Crippen LogP contribution in [-0.4, -0.2) is 54.7 Å². The molecule has 9 nitrogen and oxygen atoms in total. The van der Waals surface area contributed by atoms with Crippen LogP contribution in [0.15, 0.2) is 42.5 Å². The quantitative estimate of drug-likeness (QED) is 0.178. The Labute approximate surface area is 248 Å². The van der Waals surface area contributed by atoms with E-state index in [0.717, 1.165) is 59.6 Å². The van der Waals surface area contributed by atoms with Crippen LogP contribution in [0.25, 0.3) is 0 Å². The van der Waals surface area contributed by atoms with Gasteiger partial charge in [0.15, 0.2) is 0 Å². The number of nitrogens with one attached hydrogen (secondary N) is 2. The number of benzene rings is 2. The molecule has 2 aromatic rings. The molecule has 1 atom stereocenters. The molecule has 0 spiro atoms. The summed E-state index contributed by atoms with van der Waals surface area (Å²) in [5.41, 5.74) is 2.17. The molecule has 42 heavy (non-hydrogen) atoms. The van der Waals surface area contributed by atoms with E-state index < -0.39 is 23.5 Å². The van der Waals surface area contributed by atoms with Gasteiger partial charge in [-0.05, 0) is 69.1 Å². The first kappa shape index (κ1) is 31.5. The van der Waals surface area contributed by atoms with Crippen molar-refractivity contribution in [1.82, 2.24) is 10.6 Å². The van der Waals surface area contributed by atoms with Gasteiger partial charge >= 0.3 is 6.03 Å². The third kappa shape index (κ3) is 8.55. The fourth-order valence-corrected chi connectivity index (χ4v) is 4.82. The summed E-state index contributed by atoms with van der Waals surface area (Å²) in [6.07, 6.45) is 4.25. The van der Waals surface area contributed by atoms with Crippen LogP contribution in [0.1, 0.15) is 82.6 Å². The normalized spacial score (nSPS) is 17.6. The van der Waals surface area contributed by atoms with Gasteiger partial charge in [0.25, 0.3) is 5.91 Å². The smallest absolute Gasteiger partial charge is 0.329 e. The fraction of sp³-hybridized carbons (Fsp3) is 0.515. The SMILES string of the molecule is CC1(C)OCc2cc([C@@H](O)CNCCCCCCOCCC#Cc3cccc(N4C(=O)NC(C)(C)C4=O)c3)ccc2O1. The van der Waals surface area contributed by atoms with E-state index in [0.29, 0.717) is 38.5 Å². The molecule has 0 radical (unpaired) electrons.